The van der Waals surface area contributed by atoms with Crippen molar-refractivity contribution < 1.29 is 27.0 Å². The Morgan fingerprint density at radius 2 is 2.11 bits per heavy atom. The predicted octanol–water partition coefficient (Wildman–Crippen LogP) is 0.238. The van der Waals surface area contributed by atoms with E-state index in [9.17, 15) is 27.0 Å². The standard InChI is InChI=1S/C15H14ClN3O6S3/c16-11-5-10(6-17)1-2-12(11)28(24,25)19-7-13(15(21,8-19)9-20)27(22,23)14-18-3-4-26-14/h1-5,13,20-21H,7-9H2/t13-,15+/m0/s1. The zero-order valence-electron chi connectivity index (χ0n) is 14.1. The molecule has 1 aromatic heterocycles. The van der Waals surface area contributed by atoms with Gasteiger partial charge in [-0.25, -0.2) is 21.8 Å². The molecular formula is C15H14ClN3O6S3. The van der Waals surface area contributed by atoms with Crippen LogP contribution in [0.5, 0.6) is 0 Å². The highest BCUT2D eigenvalue weighted by molar-refractivity contribution is 7.94. The summed E-state index contributed by atoms with van der Waals surface area (Å²) in [6.07, 6.45) is 1.27. The van der Waals surface area contributed by atoms with E-state index in [1.807, 2.05) is 6.07 Å². The lowest BCUT2D eigenvalue weighted by atomic mass is 10.1. The Morgan fingerprint density at radius 1 is 1.39 bits per heavy atom. The summed E-state index contributed by atoms with van der Waals surface area (Å²) in [4.78, 5) is 3.40. The molecule has 9 nitrogen and oxygen atoms in total. The van der Waals surface area contributed by atoms with E-state index >= 15 is 0 Å². The van der Waals surface area contributed by atoms with Crippen LogP contribution in [0.4, 0.5) is 0 Å². The van der Waals surface area contributed by atoms with Gasteiger partial charge in [0.1, 0.15) is 15.7 Å². The summed E-state index contributed by atoms with van der Waals surface area (Å²) in [7, 11) is -8.49. The highest BCUT2D eigenvalue weighted by Gasteiger charge is 2.55. The van der Waals surface area contributed by atoms with Gasteiger partial charge in [0.15, 0.2) is 0 Å². The van der Waals surface area contributed by atoms with Gasteiger partial charge in [0, 0.05) is 24.7 Å². The molecule has 0 saturated carbocycles. The molecule has 3 rings (SSSR count). The zero-order valence-corrected chi connectivity index (χ0v) is 17.3. The molecule has 2 heterocycles. The van der Waals surface area contributed by atoms with Gasteiger partial charge < -0.3 is 10.2 Å². The van der Waals surface area contributed by atoms with Crippen molar-refractivity contribution in [1.82, 2.24) is 9.29 Å². The quantitative estimate of drug-likeness (QED) is 0.640. The fraction of sp³-hybridized carbons (Fsp3) is 0.333. The van der Waals surface area contributed by atoms with Crippen LogP contribution < -0.4 is 0 Å². The second-order valence-corrected chi connectivity index (χ2v) is 11.7. The Bertz CT molecular complexity index is 1140. The number of hydrogen-bond acceptors (Lipinski definition) is 9. The third-order valence-electron chi connectivity index (χ3n) is 4.40. The van der Waals surface area contributed by atoms with Crippen LogP contribution in [0.3, 0.4) is 0 Å². The summed E-state index contributed by atoms with van der Waals surface area (Å²) in [5.41, 5.74) is -2.06. The molecule has 0 unspecified atom stereocenters. The van der Waals surface area contributed by atoms with Crippen molar-refractivity contribution in [2.75, 3.05) is 19.7 Å². The monoisotopic (exact) mass is 463 g/mol. The molecule has 28 heavy (non-hydrogen) atoms. The van der Waals surface area contributed by atoms with Gasteiger partial charge >= 0.3 is 0 Å². The SMILES string of the molecule is N#Cc1ccc(S(=O)(=O)N2C[C@H](S(=O)(=O)c3nccs3)[C@](O)(CO)C2)c(Cl)c1. The average Bonchev–Trinajstić information content (AvgIpc) is 3.30. The number of rotatable bonds is 5. The van der Waals surface area contributed by atoms with Crippen LogP contribution in [-0.4, -0.2) is 66.9 Å². The Balaban J connectivity index is 2.02. The second kappa shape index (κ2) is 7.34. The lowest BCUT2D eigenvalue weighted by Gasteiger charge is -2.25. The minimum absolute atomic E-state index is 0.154. The minimum Gasteiger partial charge on any atom is -0.393 e. The lowest BCUT2D eigenvalue weighted by molar-refractivity contribution is 0.00160. The molecular weight excluding hydrogens is 450 g/mol. The van der Waals surface area contributed by atoms with Crippen molar-refractivity contribution >= 4 is 42.8 Å². The predicted molar refractivity (Wildman–Crippen MR) is 100 cm³/mol. The van der Waals surface area contributed by atoms with Crippen molar-refractivity contribution in [3.8, 4) is 6.07 Å². The van der Waals surface area contributed by atoms with Crippen LogP contribution in [0, 0.1) is 11.3 Å². The number of aliphatic hydroxyl groups is 2. The first kappa shape index (κ1) is 21.1. The number of sulfonamides is 1. The van der Waals surface area contributed by atoms with Gasteiger partial charge in [-0.1, -0.05) is 11.6 Å². The molecule has 150 valence electrons. The Labute approximate surface area is 170 Å². The van der Waals surface area contributed by atoms with Crippen molar-refractivity contribution in [3.05, 3.63) is 40.4 Å². The number of halogens is 1. The molecule has 0 radical (unpaired) electrons. The number of benzene rings is 1. The summed E-state index contributed by atoms with van der Waals surface area (Å²) in [5, 5.41) is 28.8. The molecule has 1 saturated heterocycles. The maximum Gasteiger partial charge on any atom is 0.244 e. The number of sulfone groups is 1. The molecule has 0 amide bonds. The van der Waals surface area contributed by atoms with E-state index in [0.29, 0.717) is 0 Å². The summed E-state index contributed by atoms with van der Waals surface area (Å²) < 4.78 is 52.1. The van der Waals surface area contributed by atoms with E-state index < -0.39 is 50.4 Å². The largest absolute Gasteiger partial charge is 0.393 e. The first-order chi connectivity index (χ1) is 13.1. The smallest absolute Gasteiger partial charge is 0.244 e. The number of hydrogen-bond donors (Lipinski definition) is 2. The molecule has 1 aliphatic heterocycles. The van der Waals surface area contributed by atoms with Crippen molar-refractivity contribution in [2.24, 2.45) is 0 Å². The van der Waals surface area contributed by atoms with E-state index in [-0.39, 0.29) is 19.8 Å². The van der Waals surface area contributed by atoms with Crippen LogP contribution in [0.25, 0.3) is 0 Å². The number of nitriles is 1. The minimum atomic E-state index is -4.30. The molecule has 0 aliphatic carbocycles. The molecule has 13 heteroatoms. The molecule has 2 atom stereocenters. The van der Waals surface area contributed by atoms with Gasteiger partial charge in [0.2, 0.25) is 24.2 Å². The zero-order chi connectivity index (χ0) is 20.7. The molecule has 0 bridgehead atoms. The van der Waals surface area contributed by atoms with Crippen LogP contribution in [0.15, 0.2) is 39.0 Å². The van der Waals surface area contributed by atoms with E-state index in [0.717, 1.165) is 21.7 Å². The number of aromatic nitrogens is 1. The Hall–Kier alpha value is -1.59. The van der Waals surface area contributed by atoms with Gasteiger partial charge in [-0.05, 0) is 18.2 Å². The Kier molecular flexibility index (Phi) is 5.54. The molecule has 2 aromatic rings. The molecule has 1 fully saturated rings. The fourth-order valence-electron chi connectivity index (χ4n) is 2.94. The van der Waals surface area contributed by atoms with Gasteiger partial charge in [0.05, 0.1) is 23.3 Å². The van der Waals surface area contributed by atoms with E-state index in [1.54, 1.807) is 0 Å². The third kappa shape index (κ3) is 3.43. The molecule has 2 N–H and O–H groups in total. The Morgan fingerprint density at radius 3 is 2.64 bits per heavy atom. The lowest BCUT2D eigenvalue weighted by Crippen LogP contribution is -2.49. The number of thiazole rings is 1. The molecule has 1 aromatic carbocycles. The first-order valence-electron chi connectivity index (χ1n) is 7.73. The molecule has 0 spiro atoms. The maximum atomic E-state index is 13.0. The normalized spacial score (nSPS) is 23.6. The first-order valence-corrected chi connectivity index (χ1v) is 12.0. The van der Waals surface area contributed by atoms with E-state index in [2.05, 4.69) is 4.98 Å². The number of β-amino-alcohol motifs (C(OH)–C–C–N with tert-alkyl or cyclic N) is 1. The summed E-state index contributed by atoms with van der Waals surface area (Å²) in [5.74, 6) is 0. The van der Waals surface area contributed by atoms with E-state index in [4.69, 9.17) is 16.9 Å². The summed E-state index contributed by atoms with van der Waals surface area (Å²) in [6, 6.07) is 5.40. The van der Waals surface area contributed by atoms with Gasteiger partial charge in [-0.15, -0.1) is 11.3 Å². The maximum absolute atomic E-state index is 13.0. The van der Waals surface area contributed by atoms with Crippen LogP contribution in [-0.2, 0) is 19.9 Å². The average molecular weight is 464 g/mol. The van der Waals surface area contributed by atoms with Crippen LogP contribution in [0.1, 0.15) is 5.56 Å². The fourth-order valence-corrected chi connectivity index (χ4v) is 8.04. The second-order valence-electron chi connectivity index (χ2n) is 6.15. The van der Waals surface area contributed by atoms with Gasteiger partial charge in [-0.2, -0.15) is 9.57 Å². The number of aliphatic hydroxyl groups excluding tert-OH is 1. The van der Waals surface area contributed by atoms with Crippen molar-refractivity contribution in [3.63, 3.8) is 0 Å². The van der Waals surface area contributed by atoms with Crippen LogP contribution >= 0.6 is 22.9 Å². The topological polar surface area (TPSA) is 149 Å². The summed E-state index contributed by atoms with van der Waals surface area (Å²) >= 11 is 6.82. The molecule has 1 aliphatic rings. The summed E-state index contributed by atoms with van der Waals surface area (Å²) in [6.45, 7) is -2.19. The van der Waals surface area contributed by atoms with E-state index in [1.165, 1.54) is 23.7 Å². The highest BCUT2D eigenvalue weighted by atomic mass is 35.5. The van der Waals surface area contributed by atoms with Crippen molar-refractivity contribution in [2.45, 2.75) is 20.1 Å². The number of nitrogens with zero attached hydrogens (tertiary/aromatic N) is 3. The third-order valence-corrected chi connectivity index (χ3v) is 10.2. The van der Waals surface area contributed by atoms with Crippen LogP contribution in [0.2, 0.25) is 5.02 Å². The van der Waals surface area contributed by atoms with Gasteiger partial charge in [-0.3, -0.25) is 0 Å². The van der Waals surface area contributed by atoms with Gasteiger partial charge in [0.25, 0.3) is 0 Å². The van der Waals surface area contributed by atoms with Crippen molar-refractivity contribution in [1.29, 1.82) is 5.26 Å². The highest BCUT2D eigenvalue weighted by Crippen LogP contribution is 2.36.